The molecule has 2 nitrogen and oxygen atoms in total. The highest BCUT2D eigenvalue weighted by Gasteiger charge is 2.50. The number of aliphatic hydroxyl groups is 1. The van der Waals surface area contributed by atoms with Gasteiger partial charge in [0, 0.05) is 17.6 Å². The quantitative estimate of drug-likeness (QED) is 0.204. The molecule has 208 valence electrons. The summed E-state index contributed by atoms with van der Waals surface area (Å²) < 4.78 is 6.77. The number of aliphatic hydroxyl groups excluding tert-OH is 1. The van der Waals surface area contributed by atoms with Crippen molar-refractivity contribution >= 4 is 8.32 Å². The highest BCUT2D eigenvalue weighted by Crippen LogP contribution is 2.58. The number of hydrogen-bond acceptors (Lipinski definition) is 2. The van der Waals surface area contributed by atoms with Gasteiger partial charge < -0.3 is 9.53 Å². The fraction of sp³-hybridized carbons (Fsp3) is 0.765. The van der Waals surface area contributed by atoms with Crippen LogP contribution in [0.1, 0.15) is 107 Å². The van der Waals surface area contributed by atoms with Gasteiger partial charge in [0.25, 0.3) is 0 Å². The van der Waals surface area contributed by atoms with Crippen molar-refractivity contribution in [3.8, 4) is 11.8 Å². The van der Waals surface area contributed by atoms with Gasteiger partial charge in [-0.3, -0.25) is 0 Å². The third-order valence-corrected chi connectivity index (χ3v) is 15.0. The third-order valence-electron chi connectivity index (χ3n) is 10.6. The van der Waals surface area contributed by atoms with Gasteiger partial charge in [-0.1, -0.05) is 92.2 Å². The molecule has 0 amide bonds. The van der Waals surface area contributed by atoms with E-state index in [2.05, 4.69) is 93.0 Å². The average Bonchev–Trinajstić information content (AvgIpc) is 3.14. The molecule has 1 fully saturated rings. The molecule has 0 saturated heterocycles. The van der Waals surface area contributed by atoms with Crippen LogP contribution in [-0.4, -0.2) is 25.6 Å². The topological polar surface area (TPSA) is 29.5 Å². The molecule has 1 N–H and O–H groups in total. The average molecular weight is 525 g/mol. The van der Waals surface area contributed by atoms with Gasteiger partial charge in [-0.2, -0.15) is 0 Å². The molecule has 0 aromatic carbocycles. The Morgan fingerprint density at radius 1 is 1.16 bits per heavy atom. The highest BCUT2D eigenvalue weighted by molar-refractivity contribution is 6.74. The van der Waals surface area contributed by atoms with Crippen LogP contribution in [-0.2, 0) is 4.43 Å². The van der Waals surface area contributed by atoms with E-state index in [0.717, 1.165) is 40.9 Å². The Morgan fingerprint density at radius 3 is 2.46 bits per heavy atom. The van der Waals surface area contributed by atoms with Crippen molar-refractivity contribution in [1.82, 2.24) is 0 Å². The molecule has 3 rings (SSSR count). The zero-order valence-corrected chi connectivity index (χ0v) is 26.8. The van der Waals surface area contributed by atoms with Crippen molar-refractivity contribution in [2.75, 3.05) is 0 Å². The minimum absolute atomic E-state index is 0.101. The summed E-state index contributed by atoms with van der Waals surface area (Å²) in [5.74, 6) is 10.2. The van der Waals surface area contributed by atoms with Crippen molar-refractivity contribution in [2.24, 2.45) is 29.1 Å². The van der Waals surface area contributed by atoms with Gasteiger partial charge in [0.05, 0.1) is 12.2 Å². The van der Waals surface area contributed by atoms with Crippen molar-refractivity contribution < 1.29 is 9.53 Å². The van der Waals surface area contributed by atoms with Crippen LogP contribution in [0.3, 0.4) is 0 Å². The summed E-state index contributed by atoms with van der Waals surface area (Å²) in [5.41, 5.74) is 4.71. The minimum Gasteiger partial charge on any atom is -0.406 e. The van der Waals surface area contributed by atoms with Crippen LogP contribution in [0.25, 0.3) is 0 Å². The molecule has 0 bridgehead atoms. The Balaban J connectivity index is 1.81. The summed E-state index contributed by atoms with van der Waals surface area (Å²) in [7, 11) is -2.02. The van der Waals surface area contributed by atoms with Gasteiger partial charge in [-0.15, -0.1) is 0 Å². The molecule has 37 heavy (non-hydrogen) atoms. The standard InChI is InChI=1S/C34H56O2Si/c1-23(2)14-12-15-24(3)29-19-20-30-27(16-13-21-34(29,30)9)17-18-28-22-31(35)26(5)32(25(28)4)36-37(10,11)33(6,7)8/h16,23-24,29-32,35H,5,12-15,19-22H2,1-4,6-11H3/t24?,29-,30+,31-,32-,34-/m1/s1. The Bertz CT molecular complexity index is 966. The molecule has 1 saturated carbocycles. The molecule has 3 aliphatic carbocycles. The van der Waals surface area contributed by atoms with Gasteiger partial charge in [0.2, 0.25) is 0 Å². The van der Waals surface area contributed by atoms with E-state index < -0.39 is 14.4 Å². The molecule has 0 aromatic rings. The van der Waals surface area contributed by atoms with Crippen LogP contribution in [0, 0.1) is 40.9 Å². The lowest BCUT2D eigenvalue weighted by molar-refractivity contribution is 0.108. The van der Waals surface area contributed by atoms with E-state index in [1.54, 1.807) is 0 Å². The molecule has 6 atom stereocenters. The van der Waals surface area contributed by atoms with E-state index in [1.165, 1.54) is 44.1 Å². The SMILES string of the molecule is C=C1[C@H](O[Si](C)(C)C(C)(C)C)C(C)=C(C#CC2=CCC[C@]3(C)[C@@H](C(C)CCCC(C)C)CC[C@@H]23)C[C@H]1O. The molecule has 3 heteroatoms. The van der Waals surface area contributed by atoms with Crippen LogP contribution in [0.5, 0.6) is 0 Å². The summed E-state index contributed by atoms with van der Waals surface area (Å²) in [4.78, 5) is 0. The molecule has 0 aromatic heterocycles. The van der Waals surface area contributed by atoms with Gasteiger partial charge in [-0.05, 0) is 91.0 Å². The first kappa shape index (κ1) is 30.5. The maximum Gasteiger partial charge on any atom is 0.193 e. The lowest BCUT2D eigenvalue weighted by atomic mass is 9.62. The third kappa shape index (κ3) is 6.56. The predicted octanol–water partition coefficient (Wildman–Crippen LogP) is 9.23. The molecule has 0 aliphatic heterocycles. The maximum atomic E-state index is 10.9. The lowest BCUT2D eigenvalue weighted by Crippen LogP contribution is -2.46. The minimum atomic E-state index is -2.02. The normalized spacial score (nSPS) is 31.7. The second kappa shape index (κ2) is 11.6. The van der Waals surface area contributed by atoms with Crippen LogP contribution in [0.4, 0.5) is 0 Å². The van der Waals surface area contributed by atoms with Crippen molar-refractivity contribution in [1.29, 1.82) is 0 Å². The van der Waals surface area contributed by atoms with E-state index in [-0.39, 0.29) is 11.1 Å². The fourth-order valence-electron chi connectivity index (χ4n) is 6.97. The summed E-state index contributed by atoms with van der Waals surface area (Å²) >= 11 is 0. The molecular formula is C34H56O2Si. The van der Waals surface area contributed by atoms with E-state index in [9.17, 15) is 5.11 Å². The second-order valence-electron chi connectivity index (χ2n) is 14.7. The number of fused-ring (bicyclic) bond motifs is 1. The summed E-state index contributed by atoms with van der Waals surface area (Å²) in [6.07, 6.45) is 11.3. The smallest absolute Gasteiger partial charge is 0.193 e. The van der Waals surface area contributed by atoms with Crippen LogP contribution in [0.2, 0.25) is 18.1 Å². The Kier molecular flexibility index (Phi) is 9.53. The molecular weight excluding hydrogens is 468 g/mol. The van der Waals surface area contributed by atoms with Crippen LogP contribution >= 0.6 is 0 Å². The Hall–Kier alpha value is -1.08. The van der Waals surface area contributed by atoms with E-state index in [4.69, 9.17) is 4.43 Å². The van der Waals surface area contributed by atoms with E-state index in [1.807, 2.05) is 0 Å². The molecule has 0 spiro atoms. The monoisotopic (exact) mass is 524 g/mol. The largest absolute Gasteiger partial charge is 0.406 e. The van der Waals surface area contributed by atoms with Gasteiger partial charge in [-0.25, -0.2) is 0 Å². The number of rotatable bonds is 7. The number of hydrogen-bond donors (Lipinski definition) is 1. The zero-order valence-electron chi connectivity index (χ0n) is 25.8. The summed E-state index contributed by atoms with van der Waals surface area (Å²) in [5, 5.41) is 11.0. The van der Waals surface area contributed by atoms with Crippen molar-refractivity contribution in [3.63, 3.8) is 0 Å². The van der Waals surface area contributed by atoms with Gasteiger partial charge >= 0.3 is 0 Å². The van der Waals surface area contributed by atoms with E-state index in [0.29, 0.717) is 17.8 Å². The second-order valence-corrected chi connectivity index (χ2v) is 19.5. The highest BCUT2D eigenvalue weighted by atomic mass is 28.4. The Labute approximate surface area is 230 Å². The number of allylic oxidation sites excluding steroid dienone is 2. The summed E-state index contributed by atoms with van der Waals surface area (Å²) in [6, 6.07) is 0. The molecule has 0 heterocycles. The van der Waals surface area contributed by atoms with E-state index >= 15 is 0 Å². The van der Waals surface area contributed by atoms with Gasteiger partial charge in [0.1, 0.15) is 0 Å². The maximum absolute atomic E-state index is 10.9. The van der Waals surface area contributed by atoms with Crippen LogP contribution < -0.4 is 0 Å². The molecule has 3 aliphatic rings. The molecule has 0 radical (unpaired) electrons. The summed E-state index contributed by atoms with van der Waals surface area (Å²) in [6.45, 7) is 27.5. The first-order valence-corrected chi connectivity index (χ1v) is 18.0. The lowest BCUT2D eigenvalue weighted by Gasteiger charge is -2.42. The van der Waals surface area contributed by atoms with Crippen LogP contribution in [0.15, 0.2) is 34.9 Å². The van der Waals surface area contributed by atoms with Crippen molar-refractivity contribution in [2.45, 2.75) is 137 Å². The molecule has 1 unspecified atom stereocenters. The van der Waals surface area contributed by atoms with Crippen molar-refractivity contribution in [3.05, 3.63) is 34.9 Å². The first-order chi connectivity index (χ1) is 17.1. The first-order valence-electron chi connectivity index (χ1n) is 15.0. The van der Waals surface area contributed by atoms with Gasteiger partial charge in [0.15, 0.2) is 8.32 Å². The fourth-order valence-corrected chi connectivity index (χ4v) is 8.24. The predicted molar refractivity (Wildman–Crippen MR) is 162 cm³/mol. The zero-order chi connectivity index (χ0) is 27.8. The Morgan fingerprint density at radius 2 is 1.84 bits per heavy atom.